The minimum atomic E-state index is -5.08. The Kier molecular flexibility index (Phi) is 25.5. The molecule has 0 aliphatic carbocycles. The Morgan fingerprint density at radius 2 is 0.979 bits per heavy atom. The summed E-state index contributed by atoms with van der Waals surface area (Å²) in [6.45, 7) is 32.3. The molecule has 0 bridgehead atoms. The second kappa shape index (κ2) is 24.7. The highest BCUT2D eigenvalue weighted by atomic mass is 28.4. The van der Waals surface area contributed by atoms with Crippen LogP contribution in [0.5, 0.6) is 0 Å². The van der Waals surface area contributed by atoms with E-state index in [9.17, 15) is 13.2 Å². The molecule has 0 saturated carbocycles. The molecule has 0 saturated heterocycles. The number of aliphatic carboxylic acids is 1. The van der Waals surface area contributed by atoms with Gasteiger partial charge in [0.2, 0.25) is 0 Å². The number of carbonyl (C=O) groups is 1. The largest absolute Gasteiger partial charge is 0.490 e. The second-order valence-corrected chi connectivity index (χ2v) is 26.3. The van der Waals surface area contributed by atoms with E-state index in [0.717, 1.165) is 32.6 Å². The van der Waals surface area contributed by atoms with Crippen LogP contribution in [0.3, 0.4) is 0 Å². The highest BCUT2D eigenvalue weighted by Crippen LogP contribution is 2.39. The number of unbranched alkanes of at least 4 members (excludes halogenated alkanes) is 10. The molecule has 0 spiro atoms. The van der Waals surface area contributed by atoms with E-state index in [1.807, 2.05) is 0 Å². The summed E-state index contributed by atoms with van der Waals surface area (Å²) >= 11 is 0. The van der Waals surface area contributed by atoms with E-state index in [2.05, 4.69) is 86.5 Å². The summed E-state index contributed by atoms with van der Waals surface area (Å²) in [5.41, 5.74) is 6.06. The average Bonchev–Trinajstić information content (AvgIpc) is 2.93. The molecule has 0 rings (SSSR count). The molecule has 0 amide bonds. The normalized spacial score (nSPS) is 14.5. The summed E-state index contributed by atoms with van der Waals surface area (Å²) in [5.74, 6) is -2.76. The highest BCUT2D eigenvalue weighted by Gasteiger charge is 2.41. The molecule has 0 heterocycles. The molecule has 0 aromatic rings. The Balaban J connectivity index is 0. The maximum atomic E-state index is 10.6. The lowest BCUT2D eigenvalue weighted by atomic mass is 10.1. The molecule has 0 radical (unpaired) electrons. The Hall–Kier alpha value is -0.466. The molecule has 290 valence electrons. The van der Waals surface area contributed by atoms with Crippen LogP contribution in [0, 0.1) is 0 Å². The summed E-state index contributed by atoms with van der Waals surface area (Å²) in [5, 5.41) is 7.57. The third-order valence-electron chi connectivity index (χ3n) is 10.1. The van der Waals surface area contributed by atoms with Crippen molar-refractivity contribution >= 4 is 22.6 Å². The van der Waals surface area contributed by atoms with E-state index in [1.54, 1.807) is 0 Å². The van der Waals surface area contributed by atoms with Crippen LogP contribution in [0.2, 0.25) is 36.3 Å². The number of halogens is 3. The zero-order chi connectivity index (χ0) is 37.7. The van der Waals surface area contributed by atoms with Crippen molar-refractivity contribution in [1.29, 1.82) is 0 Å². The van der Waals surface area contributed by atoms with Crippen molar-refractivity contribution in [3.63, 3.8) is 0 Å². The molecule has 11 heteroatoms. The molecular formula is C37H79F3N2O4Si2. The summed E-state index contributed by atoms with van der Waals surface area (Å²) in [6, 6.07) is 0. The number of alkyl halides is 3. The maximum Gasteiger partial charge on any atom is 0.490 e. The van der Waals surface area contributed by atoms with Crippen molar-refractivity contribution in [3.8, 4) is 0 Å². The van der Waals surface area contributed by atoms with Crippen LogP contribution >= 0.6 is 0 Å². The molecule has 0 fully saturated rings. The third-order valence-corrected chi connectivity index (χ3v) is 19.2. The zero-order valence-electron chi connectivity index (χ0n) is 33.4. The Morgan fingerprint density at radius 1 is 0.667 bits per heavy atom. The molecule has 3 N–H and O–H groups in total. The number of nitrogens with two attached hydrogens (primary N) is 1. The topological polar surface area (TPSA) is 85.0 Å². The van der Waals surface area contributed by atoms with Crippen LogP contribution in [0.1, 0.15) is 152 Å². The Morgan fingerprint density at radius 3 is 1.25 bits per heavy atom. The van der Waals surface area contributed by atoms with Gasteiger partial charge in [-0.2, -0.15) is 13.2 Å². The second-order valence-electron chi connectivity index (χ2n) is 16.8. The molecule has 0 aliphatic heterocycles. The van der Waals surface area contributed by atoms with Crippen LogP contribution in [-0.4, -0.2) is 77.2 Å². The van der Waals surface area contributed by atoms with Gasteiger partial charge >= 0.3 is 12.1 Å². The number of hydrogen-bond donors (Lipinski definition) is 2. The van der Waals surface area contributed by atoms with Crippen LogP contribution in [0.25, 0.3) is 0 Å². The van der Waals surface area contributed by atoms with Crippen molar-refractivity contribution in [2.45, 2.75) is 206 Å². The van der Waals surface area contributed by atoms with E-state index in [0.29, 0.717) is 12.2 Å². The minimum Gasteiger partial charge on any atom is -0.475 e. The molecule has 2 unspecified atom stereocenters. The average molecular weight is 729 g/mol. The Labute approximate surface area is 297 Å². The van der Waals surface area contributed by atoms with Gasteiger partial charge in [0, 0.05) is 13.1 Å². The van der Waals surface area contributed by atoms with E-state index < -0.39 is 28.8 Å². The SMILES string of the molecule is CCCCCCCCC(CN(CCCN)CC(CCCCCCCC)O[Si](C)(C)C(C)(C)C)O[Si](C)(C)C(C)(C)C.O=C(O)C(F)(F)F. The van der Waals surface area contributed by atoms with Gasteiger partial charge in [0.1, 0.15) is 0 Å². The summed E-state index contributed by atoms with van der Waals surface area (Å²) in [7, 11) is -3.73. The van der Waals surface area contributed by atoms with E-state index in [-0.39, 0.29) is 10.1 Å². The lowest BCUT2D eigenvalue weighted by Crippen LogP contribution is -2.50. The lowest BCUT2D eigenvalue weighted by molar-refractivity contribution is -0.192. The van der Waals surface area contributed by atoms with Crippen molar-refractivity contribution in [2.75, 3.05) is 26.2 Å². The standard InChI is InChI=1S/C35H78N2O2Si2.C2HF3O2/c1-13-15-17-19-21-23-26-32(38-40(9,10)34(3,4)5)30-37(29-25-28-36)31-33(27-24-22-20-18-16-14-2)39-41(11,12)35(6,7)8;3-2(4,5)1(6)7/h32-33H,13-31,36H2,1-12H3;(H,6,7). The fraction of sp³-hybridized carbons (Fsp3) is 0.973. The minimum absolute atomic E-state index is 0.222. The first kappa shape index (κ1) is 49.6. The van der Waals surface area contributed by atoms with E-state index in [1.165, 1.54) is 89.9 Å². The van der Waals surface area contributed by atoms with Crippen LogP contribution in [-0.2, 0) is 13.6 Å². The first-order chi connectivity index (χ1) is 21.9. The first-order valence-electron chi connectivity index (χ1n) is 19.0. The van der Waals surface area contributed by atoms with Gasteiger partial charge in [0.25, 0.3) is 0 Å². The molecule has 48 heavy (non-hydrogen) atoms. The van der Waals surface area contributed by atoms with Crippen LogP contribution < -0.4 is 5.73 Å². The molecule has 2 atom stereocenters. The summed E-state index contributed by atoms with van der Waals surface area (Å²) in [6.07, 6.45) is 14.9. The first-order valence-corrected chi connectivity index (χ1v) is 24.8. The van der Waals surface area contributed by atoms with Crippen molar-refractivity contribution in [2.24, 2.45) is 5.73 Å². The van der Waals surface area contributed by atoms with Crippen molar-refractivity contribution in [1.82, 2.24) is 4.90 Å². The van der Waals surface area contributed by atoms with Crippen LogP contribution in [0.4, 0.5) is 13.2 Å². The predicted octanol–water partition coefficient (Wildman–Crippen LogP) is 11.6. The zero-order valence-corrected chi connectivity index (χ0v) is 35.4. The fourth-order valence-corrected chi connectivity index (χ4v) is 7.77. The quantitative estimate of drug-likeness (QED) is 0.0719. The van der Waals surface area contributed by atoms with Gasteiger partial charge in [-0.15, -0.1) is 0 Å². The monoisotopic (exact) mass is 729 g/mol. The van der Waals surface area contributed by atoms with Gasteiger partial charge in [0.15, 0.2) is 16.6 Å². The van der Waals surface area contributed by atoms with E-state index in [4.69, 9.17) is 24.5 Å². The van der Waals surface area contributed by atoms with E-state index >= 15 is 0 Å². The third kappa shape index (κ3) is 23.8. The summed E-state index contributed by atoms with van der Waals surface area (Å²) in [4.78, 5) is 11.6. The lowest BCUT2D eigenvalue weighted by Gasteiger charge is -2.42. The number of rotatable bonds is 25. The smallest absolute Gasteiger partial charge is 0.475 e. The fourth-order valence-electron chi connectivity index (χ4n) is 5.01. The van der Waals surface area contributed by atoms with Gasteiger partial charge in [-0.25, -0.2) is 4.79 Å². The van der Waals surface area contributed by atoms with Crippen LogP contribution in [0.15, 0.2) is 0 Å². The van der Waals surface area contributed by atoms with Crippen molar-refractivity contribution in [3.05, 3.63) is 0 Å². The Bertz CT molecular complexity index is 766. The molecular weight excluding hydrogens is 650 g/mol. The highest BCUT2D eigenvalue weighted by molar-refractivity contribution is 6.74. The molecule has 0 aromatic heterocycles. The van der Waals surface area contributed by atoms with Gasteiger partial charge in [-0.05, 0) is 68.6 Å². The number of hydrogen-bond acceptors (Lipinski definition) is 5. The van der Waals surface area contributed by atoms with Gasteiger partial charge < -0.3 is 19.7 Å². The number of carboxylic acid groups (broad SMARTS) is 1. The summed E-state index contributed by atoms with van der Waals surface area (Å²) < 4.78 is 46.0. The van der Waals surface area contributed by atoms with Gasteiger partial charge in [-0.1, -0.05) is 132 Å². The molecule has 6 nitrogen and oxygen atoms in total. The maximum absolute atomic E-state index is 10.6. The molecule has 0 aliphatic rings. The van der Waals surface area contributed by atoms with Crippen molar-refractivity contribution < 1.29 is 31.9 Å². The predicted molar refractivity (Wildman–Crippen MR) is 204 cm³/mol. The number of carboxylic acids is 1. The number of nitrogens with zero attached hydrogens (tertiary/aromatic N) is 1. The molecule has 0 aromatic carbocycles. The van der Waals surface area contributed by atoms with Gasteiger partial charge in [0.05, 0.1) is 12.2 Å². The van der Waals surface area contributed by atoms with Gasteiger partial charge in [-0.3, -0.25) is 4.90 Å².